The lowest BCUT2D eigenvalue weighted by Crippen LogP contribution is -2.22. The van der Waals surface area contributed by atoms with Crippen molar-refractivity contribution in [1.29, 1.82) is 0 Å². The topological polar surface area (TPSA) is 81.4 Å². The van der Waals surface area contributed by atoms with Gasteiger partial charge in [-0.25, -0.2) is 4.98 Å². The Morgan fingerprint density at radius 3 is 2.31 bits per heavy atom. The number of aliphatic carboxylic acids is 1. The molecule has 1 aromatic rings. The Hall–Kier alpha value is -1.50. The summed E-state index contributed by atoms with van der Waals surface area (Å²) in [6.07, 6.45) is 17.2. The fourth-order valence-electron chi connectivity index (χ4n) is 3.27. The Morgan fingerprint density at radius 2 is 1.72 bits per heavy atom. The van der Waals surface area contributed by atoms with Crippen LogP contribution in [0.4, 0.5) is 0 Å². The van der Waals surface area contributed by atoms with E-state index in [0.717, 1.165) is 18.8 Å². The van der Waals surface area contributed by atoms with Gasteiger partial charge >= 0.3 is 11.9 Å². The Balaban J connectivity index is 2.26. The number of nitrogens with zero attached hydrogens (tertiary/aromatic N) is 2. The molecule has 1 rings (SSSR count). The van der Waals surface area contributed by atoms with E-state index < -0.39 is 11.2 Å². The second-order valence-electron chi connectivity index (χ2n) is 7.45. The smallest absolute Gasteiger partial charge is 0.317 e. The fraction of sp³-hybridized carbons (Fsp3) is 0.773. The highest BCUT2D eigenvalue weighted by atomic mass is 32.2. The molecule has 7 heteroatoms. The molecule has 0 fully saturated rings. The van der Waals surface area contributed by atoms with Crippen LogP contribution in [0.5, 0.6) is 0 Å². The average molecular weight is 427 g/mol. The highest BCUT2D eigenvalue weighted by Crippen LogP contribution is 2.18. The monoisotopic (exact) mass is 426 g/mol. The molecule has 1 heterocycles. The Bertz CT molecular complexity index is 577. The average Bonchev–Trinajstić information content (AvgIpc) is 3.15. The Kier molecular flexibility index (Phi) is 14.4. The van der Waals surface area contributed by atoms with Gasteiger partial charge in [0.05, 0.1) is 13.5 Å². The molecule has 1 aromatic heterocycles. The normalized spacial score (nSPS) is 12.1. The van der Waals surface area contributed by atoms with Gasteiger partial charge in [0.1, 0.15) is 11.1 Å². The van der Waals surface area contributed by atoms with E-state index in [-0.39, 0.29) is 12.4 Å². The molecule has 0 aromatic carbocycles. The van der Waals surface area contributed by atoms with Gasteiger partial charge in [0, 0.05) is 31.1 Å². The molecule has 29 heavy (non-hydrogen) atoms. The number of methoxy groups -OCH3 is 1. The highest BCUT2D eigenvalue weighted by molar-refractivity contribution is 8.00. The number of thioether (sulfide) groups is 1. The lowest BCUT2D eigenvalue weighted by molar-refractivity contribution is -0.140. The first-order valence-corrected chi connectivity index (χ1v) is 12.0. The summed E-state index contributed by atoms with van der Waals surface area (Å²) in [4.78, 5) is 27.1. The van der Waals surface area contributed by atoms with Crippen LogP contribution in [0.3, 0.4) is 0 Å². The molecule has 0 aliphatic carbocycles. The molecule has 0 amide bonds. The summed E-state index contributed by atoms with van der Waals surface area (Å²) in [7, 11) is 1.34. The number of ether oxygens (including phenoxy) is 1. The molecule has 0 aliphatic rings. The molecule has 166 valence electrons. The number of hydrogen-bond acceptors (Lipinski definition) is 5. The van der Waals surface area contributed by atoms with E-state index >= 15 is 0 Å². The molecule has 0 saturated heterocycles. The molecular weight excluding hydrogens is 388 g/mol. The van der Waals surface area contributed by atoms with Crippen LogP contribution in [0, 0.1) is 0 Å². The van der Waals surface area contributed by atoms with E-state index in [9.17, 15) is 14.7 Å². The van der Waals surface area contributed by atoms with Crippen LogP contribution in [0.25, 0.3) is 0 Å². The minimum absolute atomic E-state index is 0.220. The van der Waals surface area contributed by atoms with Gasteiger partial charge in [0.2, 0.25) is 0 Å². The van der Waals surface area contributed by atoms with E-state index in [1.165, 1.54) is 76.7 Å². The van der Waals surface area contributed by atoms with Gasteiger partial charge in [-0.3, -0.25) is 9.59 Å². The third-order valence-corrected chi connectivity index (χ3v) is 6.26. The number of unbranched alkanes of at least 4 members (excludes halogenated alkanes) is 9. The van der Waals surface area contributed by atoms with Crippen LogP contribution in [-0.2, 0) is 27.3 Å². The second kappa shape index (κ2) is 16.3. The van der Waals surface area contributed by atoms with Crippen LogP contribution < -0.4 is 0 Å². The summed E-state index contributed by atoms with van der Waals surface area (Å²) in [6, 6.07) is 0. The van der Waals surface area contributed by atoms with E-state index in [4.69, 9.17) is 0 Å². The summed E-state index contributed by atoms with van der Waals surface area (Å²) < 4.78 is 6.67. The minimum atomic E-state index is -0.867. The van der Waals surface area contributed by atoms with Crippen molar-refractivity contribution >= 4 is 23.7 Å². The third kappa shape index (κ3) is 11.9. The predicted molar refractivity (Wildman–Crippen MR) is 118 cm³/mol. The SMILES string of the molecule is CCCCCCCCCCCCn1ccnc1CC(SCCC(=O)OC)C(=O)O. The second-order valence-corrected chi connectivity index (χ2v) is 8.76. The number of aryl methyl sites for hydroxylation is 1. The van der Waals surface area contributed by atoms with Crippen LogP contribution in [0.15, 0.2) is 12.4 Å². The molecule has 1 atom stereocenters. The maximum atomic E-state index is 11.6. The Labute approximate surface area is 179 Å². The number of rotatable bonds is 18. The zero-order valence-corrected chi connectivity index (χ0v) is 18.9. The molecule has 0 bridgehead atoms. The van der Waals surface area contributed by atoms with Crippen molar-refractivity contribution in [2.24, 2.45) is 0 Å². The van der Waals surface area contributed by atoms with Gasteiger partial charge in [-0.2, -0.15) is 0 Å². The van der Waals surface area contributed by atoms with Crippen molar-refractivity contribution in [2.75, 3.05) is 12.9 Å². The van der Waals surface area contributed by atoms with Gasteiger partial charge in [0.25, 0.3) is 0 Å². The van der Waals surface area contributed by atoms with E-state index in [2.05, 4.69) is 21.2 Å². The predicted octanol–water partition coefficient (Wildman–Crippen LogP) is 5.10. The molecule has 0 radical (unpaired) electrons. The van der Waals surface area contributed by atoms with Gasteiger partial charge in [-0.15, -0.1) is 11.8 Å². The van der Waals surface area contributed by atoms with Gasteiger partial charge in [0.15, 0.2) is 0 Å². The van der Waals surface area contributed by atoms with Crippen molar-refractivity contribution in [2.45, 2.75) is 95.8 Å². The first-order chi connectivity index (χ1) is 14.1. The van der Waals surface area contributed by atoms with Crippen molar-refractivity contribution in [3.63, 3.8) is 0 Å². The summed E-state index contributed by atoms with van der Waals surface area (Å²) >= 11 is 1.27. The van der Waals surface area contributed by atoms with Gasteiger partial charge < -0.3 is 14.4 Å². The quantitative estimate of drug-likeness (QED) is 0.260. The van der Waals surface area contributed by atoms with Crippen LogP contribution in [0.2, 0.25) is 0 Å². The minimum Gasteiger partial charge on any atom is -0.480 e. The Morgan fingerprint density at radius 1 is 1.10 bits per heavy atom. The largest absolute Gasteiger partial charge is 0.480 e. The summed E-state index contributed by atoms with van der Waals surface area (Å²) in [5.41, 5.74) is 0. The van der Waals surface area contributed by atoms with E-state index in [1.54, 1.807) is 6.20 Å². The number of carboxylic acid groups (broad SMARTS) is 1. The van der Waals surface area contributed by atoms with Crippen molar-refractivity contribution in [1.82, 2.24) is 9.55 Å². The maximum absolute atomic E-state index is 11.6. The van der Waals surface area contributed by atoms with Crippen LogP contribution in [0.1, 0.15) is 83.4 Å². The molecule has 0 saturated carbocycles. The summed E-state index contributed by atoms with van der Waals surface area (Å²) in [5.74, 6) is 0.0549. The molecule has 6 nitrogen and oxygen atoms in total. The zero-order chi connectivity index (χ0) is 21.3. The van der Waals surface area contributed by atoms with Gasteiger partial charge in [-0.05, 0) is 6.42 Å². The van der Waals surface area contributed by atoms with Gasteiger partial charge in [-0.1, -0.05) is 64.7 Å². The van der Waals surface area contributed by atoms with Crippen molar-refractivity contribution < 1.29 is 19.4 Å². The molecule has 0 aliphatic heterocycles. The molecule has 0 spiro atoms. The third-order valence-electron chi connectivity index (χ3n) is 5.05. The maximum Gasteiger partial charge on any atom is 0.317 e. The first-order valence-electron chi connectivity index (χ1n) is 11.0. The van der Waals surface area contributed by atoms with Crippen molar-refractivity contribution in [3.8, 4) is 0 Å². The van der Waals surface area contributed by atoms with E-state index in [0.29, 0.717) is 12.2 Å². The number of esters is 1. The standard InChI is InChI=1S/C22H38N2O4S/c1-3-4-5-6-7-8-9-10-11-12-15-24-16-14-23-20(24)18-19(22(26)27)29-17-13-21(25)28-2/h14,16,19H,3-13,15,17-18H2,1-2H3,(H,26,27). The molecule has 1 unspecified atom stereocenters. The lowest BCUT2D eigenvalue weighted by Gasteiger charge is -2.13. The molecular formula is C22H38N2O4S. The number of hydrogen-bond donors (Lipinski definition) is 1. The number of carbonyl (C=O) groups excluding carboxylic acids is 1. The first kappa shape index (κ1) is 25.5. The zero-order valence-electron chi connectivity index (χ0n) is 18.1. The fourth-order valence-corrected chi connectivity index (χ4v) is 4.25. The van der Waals surface area contributed by atoms with Crippen LogP contribution in [-0.4, -0.2) is 44.7 Å². The van der Waals surface area contributed by atoms with Crippen molar-refractivity contribution in [3.05, 3.63) is 18.2 Å². The summed E-state index contributed by atoms with van der Waals surface area (Å²) in [5, 5.41) is 8.87. The number of carboxylic acids is 1. The number of imidazole rings is 1. The number of aromatic nitrogens is 2. The highest BCUT2D eigenvalue weighted by Gasteiger charge is 2.21. The number of carbonyl (C=O) groups is 2. The van der Waals surface area contributed by atoms with E-state index in [1.807, 2.05) is 6.20 Å². The molecule has 1 N–H and O–H groups in total. The lowest BCUT2D eigenvalue weighted by atomic mass is 10.1. The summed E-state index contributed by atoms with van der Waals surface area (Å²) in [6.45, 7) is 3.13. The van der Waals surface area contributed by atoms with Crippen LogP contribution >= 0.6 is 11.8 Å².